The number of Topliss-reactive ketones (excluding diaryl/α,β-unsaturated/α-hetero) is 1. The van der Waals surface area contributed by atoms with Gasteiger partial charge in [0.1, 0.15) is 11.5 Å². The van der Waals surface area contributed by atoms with Gasteiger partial charge in [-0.25, -0.2) is 0 Å². The number of unbranched alkanes of at least 4 members (excludes halogenated alkanes) is 10. The molecule has 1 saturated carbocycles. The van der Waals surface area contributed by atoms with Crippen LogP contribution >= 0.6 is 0 Å². The number of rotatable bonds is 20. The van der Waals surface area contributed by atoms with E-state index in [0.29, 0.717) is 26.4 Å². The van der Waals surface area contributed by atoms with Gasteiger partial charge in [0.05, 0.1) is 13.2 Å². The molecule has 3 rings (SSSR count). The van der Waals surface area contributed by atoms with Gasteiger partial charge in [-0.1, -0.05) is 75.6 Å². The van der Waals surface area contributed by atoms with Crippen molar-refractivity contribution < 1.29 is 24.5 Å². The van der Waals surface area contributed by atoms with E-state index in [1.54, 1.807) is 0 Å². The molecule has 2 aromatic carbocycles. The Kier molecular flexibility index (Phi) is 16.0. The highest BCUT2D eigenvalue weighted by Crippen LogP contribution is 2.29. The summed E-state index contributed by atoms with van der Waals surface area (Å²) in [5.41, 5.74) is 3.79. The number of aliphatic hydroxyl groups excluding tert-OH is 2. The second-order valence-electron chi connectivity index (χ2n) is 11.0. The van der Waals surface area contributed by atoms with Crippen LogP contribution in [0.25, 0.3) is 12.2 Å². The monoisotopic (exact) mass is 562 g/mol. The van der Waals surface area contributed by atoms with E-state index in [0.717, 1.165) is 104 Å². The zero-order chi connectivity index (χ0) is 29.0. The van der Waals surface area contributed by atoms with Gasteiger partial charge in [0, 0.05) is 24.4 Å². The smallest absolute Gasteiger partial charge is 0.185 e. The fraction of sp³-hybridized carbons (Fsp3) is 0.528. The maximum Gasteiger partial charge on any atom is 0.185 e. The van der Waals surface area contributed by atoms with Crippen molar-refractivity contribution in [1.82, 2.24) is 0 Å². The third-order valence-corrected chi connectivity index (χ3v) is 7.56. The Morgan fingerprint density at radius 3 is 1.29 bits per heavy atom. The Labute approximate surface area is 247 Å². The highest BCUT2D eigenvalue weighted by Gasteiger charge is 2.20. The molecule has 2 N–H and O–H groups in total. The molecule has 5 nitrogen and oxygen atoms in total. The quantitative estimate of drug-likeness (QED) is 0.125. The van der Waals surface area contributed by atoms with E-state index in [1.807, 2.05) is 60.7 Å². The van der Waals surface area contributed by atoms with Crippen molar-refractivity contribution in [3.05, 3.63) is 70.8 Å². The number of carbonyl (C=O) groups is 1. The summed E-state index contributed by atoms with van der Waals surface area (Å²) in [6, 6.07) is 16.1. The Hall–Kier alpha value is -2.89. The van der Waals surface area contributed by atoms with E-state index < -0.39 is 0 Å². The predicted molar refractivity (Wildman–Crippen MR) is 168 cm³/mol. The minimum atomic E-state index is 0.148. The largest absolute Gasteiger partial charge is 0.494 e. The number of allylic oxidation sites excluding steroid dienone is 2. The third-order valence-electron chi connectivity index (χ3n) is 7.56. The van der Waals surface area contributed by atoms with Crippen LogP contribution in [0.15, 0.2) is 59.7 Å². The Balaban J connectivity index is 1.42. The van der Waals surface area contributed by atoms with Crippen molar-refractivity contribution in [2.45, 2.75) is 96.3 Å². The van der Waals surface area contributed by atoms with Crippen molar-refractivity contribution in [2.75, 3.05) is 26.4 Å². The van der Waals surface area contributed by atoms with Crippen LogP contribution in [0, 0.1) is 0 Å². The molecule has 2 aromatic rings. The molecular weight excluding hydrogens is 512 g/mol. The predicted octanol–water partition coefficient (Wildman–Crippen LogP) is 8.33. The van der Waals surface area contributed by atoms with Crippen LogP contribution in [0.3, 0.4) is 0 Å². The summed E-state index contributed by atoms with van der Waals surface area (Å²) in [6.07, 6.45) is 19.8. The lowest BCUT2D eigenvalue weighted by Crippen LogP contribution is -2.12. The Bertz CT molecular complexity index is 969. The molecule has 0 saturated heterocycles. The fourth-order valence-electron chi connectivity index (χ4n) is 5.12. The van der Waals surface area contributed by atoms with Crippen LogP contribution in [-0.4, -0.2) is 42.4 Å². The summed E-state index contributed by atoms with van der Waals surface area (Å²) in [7, 11) is 0. The van der Waals surface area contributed by atoms with Crippen LogP contribution in [0.1, 0.15) is 107 Å². The van der Waals surface area contributed by atoms with Gasteiger partial charge < -0.3 is 19.7 Å². The average molecular weight is 563 g/mol. The normalized spacial score (nSPS) is 15.5. The van der Waals surface area contributed by atoms with Crippen molar-refractivity contribution >= 4 is 17.9 Å². The Morgan fingerprint density at radius 1 is 0.537 bits per heavy atom. The molecule has 0 aromatic heterocycles. The van der Waals surface area contributed by atoms with Crippen molar-refractivity contribution in [1.29, 1.82) is 0 Å². The molecule has 0 amide bonds. The van der Waals surface area contributed by atoms with Crippen LogP contribution in [0.5, 0.6) is 11.5 Å². The standard InChI is InChI=1S/C36H50O5/c37-24-9-5-1-3-7-11-26-40-34-20-16-30(17-21-34)28-32-14-13-15-33(36(32)39)29-31-18-22-35(23-19-31)41-27-12-8-4-2-6-10-25-38/h16-23,28-29,37-38H,1-15,24-27H2/b32-28+,33-29+. The number of carbonyl (C=O) groups excluding carboxylic acids is 1. The molecule has 0 radical (unpaired) electrons. The molecule has 0 aliphatic heterocycles. The third kappa shape index (κ3) is 13.1. The number of ether oxygens (including phenoxy) is 2. The second kappa shape index (κ2) is 20.1. The second-order valence-corrected chi connectivity index (χ2v) is 11.0. The fourth-order valence-corrected chi connectivity index (χ4v) is 5.12. The van der Waals surface area contributed by atoms with E-state index >= 15 is 0 Å². The number of benzene rings is 2. The zero-order valence-electron chi connectivity index (χ0n) is 24.8. The van der Waals surface area contributed by atoms with Crippen LogP contribution in [0.4, 0.5) is 0 Å². The lowest BCUT2D eigenvalue weighted by Gasteiger charge is -2.17. The van der Waals surface area contributed by atoms with Gasteiger partial charge in [-0.15, -0.1) is 0 Å². The Morgan fingerprint density at radius 2 is 0.902 bits per heavy atom. The first-order valence-electron chi connectivity index (χ1n) is 15.8. The lowest BCUT2D eigenvalue weighted by atomic mass is 9.87. The highest BCUT2D eigenvalue weighted by atomic mass is 16.5. The molecule has 5 heteroatoms. The topological polar surface area (TPSA) is 76.0 Å². The first kappa shape index (κ1) is 32.6. The SMILES string of the molecule is O=C1/C(=C/c2ccc(OCCCCCCCCO)cc2)CCC/C1=C\c1ccc(OCCCCCCCCO)cc1. The number of aliphatic hydroxyl groups is 2. The van der Waals surface area contributed by atoms with Gasteiger partial charge in [-0.05, 0) is 92.5 Å². The van der Waals surface area contributed by atoms with E-state index in [4.69, 9.17) is 19.7 Å². The number of hydrogen-bond donors (Lipinski definition) is 2. The van der Waals surface area contributed by atoms with Crippen LogP contribution in [0.2, 0.25) is 0 Å². The zero-order valence-corrected chi connectivity index (χ0v) is 24.8. The molecule has 0 heterocycles. The van der Waals surface area contributed by atoms with Crippen molar-refractivity contribution in [3.8, 4) is 11.5 Å². The molecule has 224 valence electrons. The first-order valence-corrected chi connectivity index (χ1v) is 15.8. The highest BCUT2D eigenvalue weighted by molar-refractivity contribution is 6.13. The minimum Gasteiger partial charge on any atom is -0.494 e. The molecule has 1 fully saturated rings. The molecule has 1 aliphatic rings. The number of ketones is 1. The number of hydrogen-bond acceptors (Lipinski definition) is 5. The van der Waals surface area contributed by atoms with Gasteiger partial charge >= 0.3 is 0 Å². The van der Waals surface area contributed by atoms with Gasteiger partial charge in [0.2, 0.25) is 0 Å². The van der Waals surface area contributed by atoms with E-state index in [1.165, 1.54) is 25.7 Å². The molecule has 0 unspecified atom stereocenters. The minimum absolute atomic E-state index is 0.148. The molecule has 0 spiro atoms. The summed E-state index contributed by atoms with van der Waals surface area (Å²) < 4.78 is 11.8. The molecule has 0 atom stereocenters. The summed E-state index contributed by atoms with van der Waals surface area (Å²) >= 11 is 0. The summed E-state index contributed by atoms with van der Waals surface area (Å²) in [4.78, 5) is 13.2. The van der Waals surface area contributed by atoms with Crippen molar-refractivity contribution in [2.24, 2.45) is 0 Å². The van der Waals surface area contributed by atoms with Gasteiger partial charge in [-0.2, -0.15) is 0 Å². The van der Waals surface area contributed by atoms with E-state index in [9.17, 15) is 4.79 Å². The summed E-state index contributed by atoms with van der Waals surface area (Å²) in [5.74, 6) is 1.88. The average Bonchev–Trinajstić information content (AvgIpc) is 2.99. The van der Waals surface area contributed by atoms with Crippen LogP contribution < -0.4 is 9.47 Å². The lowest BCUT2D eigenvalue weighted by molar-refractivity contribution is -0.112. The van der Waals surface area contributed by atoms with Gasteiger partial charge in [-0.3, -0.25) is 4.79 Å². The van der Waals surface area contributed by atoms with E-state index in [2.05, 4.69) is 0 Å². The molecular formula is C36H50O5. The maximum atomic E-state index is 13.2. The summed E-state index contributed by atoms with van der Waals surface area (Å²) in [5, 5.41) is 17.7. The molecule has 41 heavy (non-hydrogen) atoms. The molecule has 1 aliphatic carbocycles. The van der Waals surface area contributed by atoms with E-state index in [-0.39, 0.29) is 5.78 Å². The van der Waals surface area contributed by atoms with Crippen molar-refractivity contribution in [3.63, 3.8) is 0 Å². The maximum absolute atomic E-state index is 13.2. The van der Waals surface area contributed by atoms with Gasteiger partial charge in [0.25, 0.3) is 0 Å². The van der Waals surface area contributed by atoms with Crippen LogP contribution in [-0.2, 0) is 4.79 Å². The summed E-state index contributed by atoms with van der Waals surface area (Å²) in [6.45, 7) is 2.02. The van der Waals surface area contributed by atoms with Gasteiger partial charge in [0.15, 0.2) is 5.78 Å². The first-order chi connectivity index (χ1) is 20.2. The molecule has 0 bridgehead atoms.